The van der Waals surface area contributed by atoms with E-state index in [1.54, 1.807) is 0 Å². The maximum Gasteiger partial charge on any atom is 0.239 e. The number of rotatable bonds is 10. The van der Waals surface area contributed by atoms with Gasteiger partial charge in [-0.15, -0.1) is 0 Å². The van der Waals surface area contributed by atoms with Crippen LogP contribution in [0.3, 0.4) is 0 Å². The van der Waals surface area contributed by atoms with Crippen molar-refractivity contribution in [1.82, 2.24) is 0 Å². The zero-order valence-corrected chi connectivity index (χ0v) is 29.8. The number of phenols is 2. The van der Waals surface area contributed by atoms with E-state index in [9.17, 15) is 55.9 Å². The van der Waals surface area contributed by atoms with Gasteiger partial charge in [0, 0.05) is 17.7 Å². The summed E-state index contributed by atoms with van der Waals surface area (Å²) in [7, 11) is 2.62. The quantitative estimate of drug-likeness (QED) is 0.104. The highest BCUT2D eigenvalue weighted by Crippen LogP contribution is 2.40. The van der Waals surface area contributed by atoms with E-state index in [4.69, 9.17) is 42.3 Å². The van der Waals surface area contributed by atoms with E-state index in [0.717, 1.165) is 6.07 Å². The fourth-order valence-corrected chi connectivity index (χ4v) is 6.56. The lowest BCUT2D eigenvalue weighted by molar-refractivity contribution is -0.357. The molecule has 4 heterocycles. The molecule has 2 aromatic carbocycles. The van der Waals surface area contributed by atoms with Crippen molar-refractivity contribution in [3.63, 3.8) is 0 Å². The SMILES string of the molecule is COc1cc(O)c2c(=O)c(O[C@@H]3OC(CO[C@@H]4OC(C)[C@H](O[C@@H]5OC(C)[C@H](O)[C@H](O)C5O)[C@H](O)C4O)[C@H](O)C(O)C3O)c(-c3ccc(O)c(OC)c3)oc2c1. The molecule has 15 atom stereocenters. The van der Waals surface area contributed by atoms with Gasteiger partial charge in [-0.1, -0.05) is 0 Å². The van der Waals surface area contributed by atoms with Gasteiger partial charge in [0.2, 0.25) is 17.5 Å². The van der Waals surface area contributed by atoms with Gasteiger partial charge in [-0.25, -0.2) is 0 Å². The van der Waals surface area contributed by atoms with Gasteiger partial charge in [0.05, 0.1) is 33.0 Å². The lowest BCUT2D eigenvalue weighted by Crippen LogP contribution is -2.63. The molecule has 0 saturated carbocycles. The largest absolute Gasteiger partial charge is 0.507 e. The number of methoxy groups -OCH3 is 2. The van der Waals surface area contributed by atoms with Crippen LogP contribution >= 0.6 is 0 Å². The van der Waals surface area contributed by atoms with E-state index in [0.29, 0.717) is 0 Å². The molecular weight excluding hydrogens is 740 g/mol. The van der Waals surface area contributed by atoms with Gasteiger partial charge in [-0.3, -0.25) is 4.79 Å². The fraction of sp³-hybridized carbons (Fsp3) is 0.571. The third-order valence-corrected chi connectivity index (χ3v) is 9.79. The van der Waals surface area contributed by atoms with Crippen molar-refractivity contribution in [2.24, 2.45) is 0 Å². The van der Waals surface area contributed by atoms with Crippen molar-refractivity contribution in [2.45, 2.75) is 106 Å². The van der Waals surface area contributed by atoms with Crippen molar-refractivity contribution in [1.29, 1.82) is 0 Å². The molecule has 3 aliphatic heterocycles. The Kier molecular flexibility index (Phi) is 12.1. The smallest absolute Gasteiger partial charge is 0.239 e. The standard InChI is InChI=1S/C35H44O20/c1-11-21(38)24(41)27(44)34(50-11)54-30-12(2)51-33(29(46)26(30)43)49-10-19-22(39)25(42)28(45)35(53-19)55-32-23(40)20-16(37)8-14(47-3)9-18(20)52-31(32)13-5-6-15(36)17(7-13)48-4/h5-9,11-12,19,21-22,24-30,33-39,41-46H,10H2,1-4H3/t11?,12?,19?,21-,22-,24-,25?,26+,27?,28?,29?,30-,33+,34-,35-/m0/s1. The normalized spacial score (nSPS) is 36.8. The molecule has 0 aliphatic carbocycles. The Morgan fingerprint density at radius 2 is 1.33 bits per heavy atom. The minimum atomic E-state index is -1.98. The number of ether oxygens (including phenoxy) is 8. The maximum absolute atomic E-state index is 14.0. The van der Waals surface area contributed by atoms with E-state index in [1.807, 2.05) is 0 Å². The molecule has 6 rings (SSSR count). The molecular formula is C35H44O20. The van der Waals surface area contributed by atoms with Gasteiger partial charge in [-0.2, -0.15) is 0 Å². The Labute approximate surface area is 311 Å². The molecule has 3 fully saturated rings. The minimum absolute atomic E-state index is 0.0121. The van der Waals surface area contributed by atoms with E-state index in [-0.39, 0.29) is 39.5 Å². The number of fused-ring (bicyclic) bond motifs is 1. The van der Waals surface area contributed by atoms with Crippen molar-refractivity contribution < 1.29 is 93.4 Å². The highest BCUT2D eigenvalue weighted by Gasteiger charge is 2.51. The van der Waals surface area contributed by atoms with Gasteiger partial charge >= 0.3 is 0 Å². The number of benzene rings is 2. The average molecular weight is 785 g/mol. The van der Waals surface area contributed by atoms with Crippen molar-refractivity contribution in [3.05, 3.63) is 40.6 Å². The molecule has 0 amide bonds. The molecule has 0 spiro atoms. The number of aliphatic hydroxyl groups is 8. The summed E-state index contributed by atoms with van der Waals surface area (Å²) >= 11 is 0. The number of aromatic hydroxyl groups is 2. The van der Waals surface area contributed by atoms with Gasteiger partial charge in [0.1, 0.15) is 83.5 Å². The predicted octanol–water partition coefficient (Wildman–Crippen LogP) is -2.23. The van der Waals surface area contributed by atoms with Crippen LogP contribution in [0.1, 0.15) is 13.8 Å². The summed E-state index contributed by atoms with van der Waals surface area (Å²) in [5.41, 5.74) is -0.952. The van der Waals surface area contributed by atoms with Crippen LogP contribution in [0, 0.1) is 0 Å². The molecule has 3 saturated heterocycles. The molecule has 20 heteroatoms. The van der Waals surface area contributed by atoms with Crippen LogP contribution in [-0.4, -0.2) is 164 Å². The summed E-state index contributed by atoms with van der Waals surface area (Å²) in [5.74, 6) is -1.55. The summed E-state index contributed by atoms with van der Waals surface area (Å²) < 4.78 is 50.4. The van der Waals surface area contributed by atoms with Gasteiger partial charge in [0.15, 0.2) is 29.8 Å². The van der Waals surface area contributed by atoms with Crippen molar-refractivity contribution >= 4 is 11.0 Å². The van der Waals surface area contributed by atoms with Crippen LogP contribution in [0.4, 0.5) is 0 Å². The Morgan fingerprint density at radius 1 is 0.673 bits per heavy atom. The zero-order valence-electron chi connectivity index (χ0n) is 29.8. The zero-order chi connectivity index (χ0) is 40.0. The number of hydrogen-bond donors (Lipinski definition) is 10. The first kappa shape index (κ1) is 40.8. The Morgan fingerprint density at radius 3 is 2.02 bits per heavy atom. The number of aliphatic hydroxyl groups excluding tert-OH is 8. The lowest BCUT2D eigenvalue weighted by atomic mass is 9.97. The second-order valence-electron chi connectivity index (χ2n) is 13.4. The van der Waals surface area contributed by atoms with E-state index < -0.39 is 116 Å². The maximum atomic E-state index is 14.0. The van der Waals surface area contributed by atoms with E-state index >= 15 is 0 Å². The molecule has 3 aliphatic rings. The number of hydrogen-bond acceptors (Lipinski definition) is 20. The fourth-order valence-electron chi connectivity index (χ4n) is 6.56. The van der Waals surface area contributed by atoms with Crippen LogP contribution in [-0.2, 0) is 23.7 Å². The first-order chi connectivity index (χ1) is 26.1. The van der Waals surface area contributed by atoms with Crippen LogP contribution < -0.4 is 19.6 Å². The molecule has 0 radical (unpaired) electrons. The molecule has 55 heavy (non-hydrogen) atoms. The Balaban J connectivity index is 1.22. The minimum Gasteiger partial charge on any atom is -0.507 e. The molecule has 7 unspecified atom stereocenters. The second-order valence-corrected chi connectivity index (χ2v) is 13.4. The molecule has 0 bridgehead atoms. The summed E-state index contributed by atoms with van der Waals surface area (Å²) in [6, 6.07) is 6.42. The lowest BCUT2D eigenvalue weighted by Gasteiger charge is -2.46. The van der Waals surface area contributed by atoms with Crippen LogP contribution in [0.2, 0.25) is 0 Å². The summed E-state index contributed by atoms with van der Waals surface area (Å²) in [6.07, 6.45) is -23.8. The molecule has 10 N–H and O–H groups in total. The molecule has 1 aromatic heterocycles. The Bertz CT molecular complexity index is 1870. The summed E-state index contributed by atoms with van der Waals surface area (Å²) in [6.45, 7) is 2.23. The first-order valence-electron chi connectivity index (χ1n) is 17.2. The highest BCUT2D eigenvalue weighted by molar-refractivity contribution is 5.88. The third-order valence-electron chi connectivity index (χ3n) is 9.79. The molecule has 3 aromatic rings. The van der Waals surface area contributed by atoms with E-state index in [1.165, 1.54) is 52.3 Å². The van der Waals surface area contributed by atoms with Crippen LogP contribution in [0.15, 0.2) is 39.5 Å². The third kappa shape index (κ3) is 7.79. The summed E-state index contributed by atoms with van der Waals surface area (Å²) in [4.78, 5) is 14.0. The second kappa shape index (κ2) is 16.3. The number of phenolic OH excluding ortho intramolecular Hbond substituents is 2. The molecule has 20 nitrogen and oxygen atoms in total. The first-order valence-corrected chi connectivity index (χ1v) is 17.2. The average Bonchev–Trinajstić information content (AvgIpc) is 3.16. The van der Waals surface area contributed by atoms with Crippen LogP contribution in [0.25, 0.3) is 22.3 Å². The van der Waals surface area contributed by atoms with Crippen molar-refractivity contribution in [3.8, 4) is 40.1 Å². The van der Waals surface area contributed by atoms with Gasteiger partial charge in [-0.05, 0) is 32.0 Å². The predicted molar refractivity (Wildman–Crippen MR) is 181 cm³/mol. The Hall–Kier alpha value is -3.87. The van der Waals surface area contributed by atoms with Gasteiger partial charge < -0.3 is 93.4 Å². The van der Waals surface area contributed by atoms with Crippen molar-refractivity contribution in [2.75, 3.05) is 20.8 Å². The monoisotopic (exact) mass is 784 g/mol. The summed E-state index contributed by atoms with van der Waals surface area (Å²) in [5, 5.41) is 105. The molecule has 304 valence electrons. The van der Waals surface area contributed by atoms with Gasteiger partial charge in [0.25, 0.3) is 0 Å². The van der Waals surface area contributed by atoms with Crippen LogP contribution in [0.5, 0.6) is 28.7 Å². The highest BCUT2D eigenvalue weighted by atomic mass is 16.7. The van der Waals surface area contributed by atoms with E-state index in [2.05, 4.69) is 0 Å². The topological polar surface area (TPSA) is 306 Å².